The zero-order valence-electron chi connectivity index (χ0n) is 9.16. The third-order valence-electron chi connectivity index (χ3n) is 3.00. The summed E-state index contributed by atoms with van der Waals surface area (Å²) in [6.07, 6.45) is 2.26. The van der Waals surface area contributed by atoms with E-state index in [0.29, 0.717) is 0 Å². The Balaban J connectivity index is 2.34. The van der Waals surface area contributed by atoms with E-state index in [4.69, 9.17) is 4.74 Å². The van der Waals surface area contributed by atoms with Gasteiger partial charge >= 0.3 is 0 Å². The number of hydrogen-bond donors (Lipinski definition) is 0. The molecule has 2 aromatic rings. The first-order valence-corrected chi connectivity index (χ1v) is 6.34. The van der Waals surface area contributed by atoms with Crippen LogP contribution in [0.15, 0.2) is 16.6 Å². The minimum atomic E-state index is 0.801. The monoisotopic (exact) mass is 280 g/mol. The summed E-state index contributed by atoms with van der Waals surface area (Å²) >= 11 is 3.50. The average molecular weight is 281 g/mol. The molecule has 0 saturated heterocycles. The molecule has 0 radical (unpaired) electrons. The molecule has 84 valence electrons. The molecule has 3 rings (SSSR count). The lowest BCUT2D eigenvalue weighted by molar-refractivity contribution is 0.298. The van der Waals surface area contributed by atoms with E-state index in [9.17, 15) is 0 Å². The third kappa shape index (κ3) is 1.52. The summed E-state index contributed by atoms with van der Waals surface area (Å²) in [6.45, 7) is 3.90. The number of aromatic nitrogens is 2. The Morgan fingerprint density at radius 2 is 2.25 bits per heavy atom. The van der Waals surface area contributed by atoms with Crippen molar-refractivity contribution in [3.05, 3.63) is 22.4 Å². The predicted octanol–water partition coefficient (Wildman–Crippen LogP) is 3.28. The molecule has 1 aliphatic heterocycles. The lowest BCUT2D eigenvalue weighted by atomic mass is 10.2. The van der Waals surface area contributed by atoms with Crippen LogP contribution < -0.4 is 4.74 Å². The summed E-state index contributed by atoms with van der Waals surface area (Å²) in [6, 6.07) is 4.08. The molecule has 4 heteroatoms. The summed E-state index contributed by atoms with van der Waals surface area (Å²) in [5, 5.41) is 0. The van der Waals surface area contributed by atoms with Crippen molar-refractivity contribution in [2.45, 2.75) is 26.3 Å². The number of nitrogens with zero attached hydrogens (tertiary/aromatic N) is 2. The highest BCUT2D eigenvalue weighted by Gasteiger charge is 2.15. The normalized spacial score (nSPS) is 15.6. The molecule has 3 nitrogen and oxygen atoms in total. The molecule has 1 aromatic carbocycles. The molecule has 0 spiro atoms. The third-order valence-corrected chi connectivity index (χ3v) is 3.45. The van der Waals surface area contributed by atoms with Crippen LogP contribution in [0.2, 0.25) is 0 Å². The van der Waals surface area contributed by atoms with Gasteiger partial charge in [-0.05, 0) is 31.9 Å². The van der Waals surface area contributed by atoms with E-state index >= 15 is 0 Å². The molecule has 0 amide bonds. The molecular formula is C12H13BrN2O. The highest BCUT2D eigenvalue weighted by molar-refractivity contribution is 9.10. The van der Waals surface area contributed by atoms with Crippen molar-refractivity contribution in [1.29, 1.82) is 0 Å². The Bertz CT molecular complexity index is 547. The first kappa shape index (κ1) is 10.1. The van der Waals surface area contributed by atoms with E-state index in [-0.39, 0.29) is 0 Å². The van der Waals surface area contributed by atoms with Gasteiger partial charge in [-0.15, -0.1) is 0 Å². The van der Waals surface area contributed by atoms with Crippen LogP contribution in [-0.4, -0.2) is 16.2 Å². The van der Waals surface area contributed by atoms with E-state index in [1.807, 2.05) is 12.1 Å². The Morgan fingerprint density at radius 1 is 1.38 bits per heavy atom. The van der Waals surface area contributed by atoms with Gasteiger partial charge in [0.25, 0.3) is 0 Å². The highest BCUT2D eigenvalue weighted by Crippen LogP contribution is 2.32. The highest BCUT2D eigenvalue weighted by atomic mass is 79.9. The van der Waals surface area contributed by atoms with E-state index < -0.39 is 0 Å². The van der Waals surface area contributed by atoms with E-state index in [0.717, 1.165) is 53.1 Å². The SMILES string of the molecule is Cc1nc2cc(Br)cc3c2n1CCCCO3. The van der Waals surface area contributed by atoms with Crippen LogP contribution in [0.25, 0.3) is 11.0 Å². The quantitative estimate of drug-likeness (QED) is 0.741. The second-order valence-electron chi connectivity index (χ2n) is 4.14. The lowest BCUT2D eigenvalue weighted by Crippen LogP contribution is -2.08. The average Bonchev–Trinajstić information content (AvgIpc) is 2.49. The van der Waals surface area contributed by atoms with Gasteiger partial charge in [-0.3, -0.25) is 0 Å². The molecule has 1 aromatic heterocycles. The van der Waals surface area contributed by atoms with Gasteiger partial charge in [-0.2, -0.15) is 0 Å². The van der Waals surface area contributed by atoms with Gasteiger partial charge in [0, 0.05) is 11.0 Å². The predicted molar refractivity (Wildman–Crippen MR) is 66.9 cm³/mol. The van der Waals surface area contributed by atoms with Gasteiger partial charge in [-0.1, -0.05) is 15.9 Å². The maximum absolute atomic E-state index is 5.80. The Hall–Kier alpha value is -1.03. The van der Waals surface area contributed by atoms with Crippen molar-refractivity contribution in [1.82, 2.24) is 9.55 Å². The molecule has 1 aliphatic rings. The number of imidazole rings is 1. The van der Waals surface area contributed by atoms with Crippen LogP contribution in [0.5, 0.6) is 5.75 Å². The number of halogens is 1. The summed E-state index contributed by atoms with van der Waals surface area (Å²) in [5.41, 5.74) is 2.16. The molecule has 0 bridgehead atoms. The van der Waals surface area contributed by atoms with Crippen LogP contribution in [-0.2, 0) is 6.54 Å². The van der Waals surface area contributed by atoms with Crippen LogP contribution in [0.1, 0.15) is 18.7 Å². The first-order valence-electron chi connectivity index (χ1n) is 5.55. The van der Waals surface area contributed by atoms with E-state index in [1.165, 1.54) is 0 Å². The second kappa shape index (κ2) is 3.77. The Kier molecular flexibility index (Phi) is 2.39. The zero-order chi connectivity index (χ0) is 11.1. The minimum absolute atomic E-state index is 0.801. The maximum Gasteiger partial charge on any atom is 0.146 e. The lowest BCUT2D eigenvalue weighted by Gasteiger charge is -2.15. The number of aryl methyl sites for hydroxylation is 2. The van der Waals surface area contributed by atoms with Gasteiger partial charge in [0.05, 0.1) is 12.1 Å². The van der Waals surface area contributed by atoms with E-state index in [1.54, 1.807) is 0 Å². The van der Waals surface area contributed by atoms with Gasteiger partial charge in [0.2, 0.25) is 0 Å². The standard InChI is InChI=1S/C12H13BrN2O/c1-8-14-10-6-9(13)7-11-12(10)15(8)4-2-3-5-16-11/h6-7H,2-5H2,1H3. The number of hydrogen-bond acceptors (Lipinski definition) is 2. The molecule has 0 aliphatic carbocycles. The van der Waals surface area contributed by atoms with Crippen molar-refractivity contribution >= 4 is 27.0 Å². The Labute approximate surface area is 103 Å². The molecule has 16 heavy (non-hydrogen) atoms. The molecule has 2 heterocycles. The smallest absolute Gasteiger partial charge is 0.146 e. The number of rotatable bonds is 0. The van der Waals surface area contributed by atoms with Gasteiger partial charge in [0.1, 0.15) is 17.1 Å². The summed E-state index contributed by atoms with van der Waals surface area (Å²) in [4.78, 5) is 4.58. The molecule has 0 N–H and O–H groups in total. The molecule has 0 unspecified atom stereocenters. The number of ether oxygens (including phenoxy) is 1. The molecule has 0 fully saturated rings. The molecule has 0 atom stereocenters. The first-order chi connectivity index (χ1) is 7.75. The minimum Gasteiger partial charge on any atom is -0.491 e. The fourth-order valence-electron chi connectivity index (χ4n) is 2.25. The largest absolute Gasteiger partial charge is 0.491 e. The van der Waals surface area contributed by atoms with Crippen molar-refractivity contribution in [2.24, 2.45) is 0 Å². The van der Waals surface area contributed by atoms with Gasteiger partial charge < -0.3 is 9.30 Å². The van der Waals surface area contributed by atoms with Crippen LogP contribution >= 0.6 is 15.9 Å². The molecule has 0 saturated carbocycles. The van der Waals surface area contributed by atoms with E-state index in [2.05, 4.69) is 32.4 Å². The zero-order valence-corrected chi connectivity index (χ0v) is 10.7. The maximum atomic E-state index is 5.80. The summed E-state index contributed by atoms with van der Waals surface area (Å²) in [5.74, 6) is 2.02. The number of benzene rings is 1. The van der Waals surface area contributed by atoms with Crippen molar-refractivity contribution < 1.29 is 4.74 Å². The fourth-order valence-corrected chi connectivity index (χ4v) is 2.68. The van der Waals surface area contributed by atoms with Gasteiger partial charge in [0.15, 0.2) is 0 Å². The van der Waals surface area contributed by atoms with Gasteiger partial charge in [-0.25, -0.2) is 4.98 Å². The van der Waals surface area contributed by atoms with Crippen LogP contribution in [0.4, 0.5) is 0 Å². The van der Waals surface area contributed by atoms with Crippen LogP contribution in [0, 0.1) is 6.92 Å². The Morgan fingerprint density at radius 3 is 3.12 bits per heavy atom. The summed E-state index contributed by atoms with van der Waals surface area (Å²) in [7, 11) is 0. The molecular weight excluding hydrogens is 268 g/mol. The van der Waals surface area contributed by atoms with Crippen molar-refractivity contribution in [3.8, 4) is 5.75 Å². The van der Waals surface area contributed by atoms with Crippen LogP contribution in [0.3, 0.4) is 0 Å². The fraction of sp³-hybridized carbons (Fsp3) is 0.417. The summed E-state index contributed by atoms with van der Waals surface area (Å²) < 4.78 is 9.09. The topological polar surface area (TPSA) is 27.1 Å². The van der Waals surface area contributed by atoms with Crippen molar-refractivity contribution in [3.63, 3.8) is 0 Å². The van der Waals surface area contributed by atoms with Crippen molar-refractivity contribution in [2.75, 3.05) is 6.61 Å². The second-order valence-corrected chi connectivity index (χ2v) is 5.05.